The number of benzene rings is 11. The summed E-state index contributed by atoms with van der Waals surface area (Å²) in [7, 11) is 0. The van der Waals surface area contributed by atoms with E-state index in [1.165, 1.54) is 97.5 Å². The van der Waals surface area contributed by atoms with E-state index in [9.17, 15) is 0 Å². The molecule has 0 N–H and O–H groups in total. The van der Waals surface area contributed by atoms with Crippen LogP contribution >= 0.6 is 0 Å². The van der Waals surface area contributed by atoms with Gasteiger partial charge in [-0.2, -0.15) is 0 Å². The average Bonchev–Trinajstić information content (AvgIpc) is 3.56. The minimum atomic E-state index is 0.914. The van der Waals surface area contributed by atoms with E-state index >= 15 is 0 Å². The fraction of sp³-hybridized carbons (Fsp3) is 0. The van der Waals surface area contributed by atoms with E-state index in [0.717, 1.165) is 22.1 Å². The van der Waals surface area contributed by atoms with Crippen LogP contribution in [0.25, 0.3) is 120 Å². The van der Waals surface area contributed by atoms with Crippen molar-refractivity contribution in [3.8, 4) is 22.3 Å². The maximum atomic E-state index is 6.83. The first-order chi connectivity index (χ1) is 24.3. The minimum absolute atomic E-state index is 0.914. The third-order valence-electron chi connectivity index (χ3n) is 11.1. The lowest BCUT2D eigenvalue weighted by Crippen LogP contribution is -1.90. The fourth-order valence-electron chi connectivity index (χ4n) is 9.03. The second-order valence-corrected chi connectivity index (χ2v) is 13.6. The Morgan fingerprint density at radius 1 is 0.265 bits per heavy atom. The Morgan fingerprint density at radius 2 is 0.735 bits per heavy atom. The summed E-state index contributed by atoms with van der Waals surface area (Å²) in [5.74, 6) is 0. The molecule has 12 aromatic rings. The molecule has 12 rings (SSSR count). The molecule has 0 unspecified atom stereocenters. The Bertz CT molecular complexity index is 3290. The summed E-state index contributed by atoms with van der Waals surface area (Å²) in [5.41, 5.74) is 6.67. The molecule has 0 radical (unpaired) electrons. The highest BCUT2D eigenvalue weighted by molar-refractivity contribution is 6.31. The largest absolute Gasteiger partial charge is 0.455 e. The molecule has 0 bridgehead atoms. The van der Waals surface area contributed by atoms with Gasteiger partial charge in [0.25, 0.3) is 0 Å². The normalized spacial score (nSPS) is 12.5. The number of hydrogen-bond acceptors (Lipinski definition) is 1. The predicted molar refractivity (Wildman–Crippen MR) is 210 cm³/mol. The van der Waals surface area contributed by atoms with Crippen molar-refractivity contribution < 1.29 is 4.42 Å². The molecule has 1 aromatic heterocycles. The van der Waals surface area contributed by atoms with Crippen molar-refractivity contribution >= 4 is 97.3 Å². The molecule has 0 aliphatic rings. The zero-order chi connectivity index (χ0) is 31.8. The molecule has 0 saturated carbocycles. The van der Waals surface area contributed by atoms with Crippen LogP contribution in [0.5, 0.6) is 0 Å². The van der Waals surface area contributed by atoms with E-state index in [-0.39, 0.29) is 0 Å². The van der Waals surface area contributed by atoms with Gasteiger partial charge < -0.3 is 4.42 Å². The van der Waals surface area contributed by atoms with Crippen LogP contribution in [-0.4, -0.2) is 0 Å². The van der Waals surface area contributed by atoms with Crippen LogP contribution in [0.15, 0.2) is 162 Å². The predicted octanol–water partition coefficient (Wildman–Crippen LogP) is 13.9. The highest BCUT2D eigenvalue weighted by Crippen LogP contribution is 2.48. The summed E-state index contributed by atoms with van der Waals surface area (Å²) < 4.78 is 6.83. The third kappa shape index (κ3) is 3.29. The summed E-state index contributed by atoms with van der Waals surface area (Å²) in [4.78, 5) is 0. The smallest absolute Gasteiger partial charge is 0.143 e. The lowest BCUT2D eigenvalue weighted by Gasteiger charge is -2.17. The molecule has 0 fully saturated rings. The Morgan fingerprint density at radius 3 is 1.37 bits per heavy atom. The second kappa shape index (κ2) is 9.13. The monoisotopic (exact) mass is 618 g/mol. The number of hydrogen-bond donors (Lipinski definition) is 0. The summed E-state index contributed by atoms with van der Waals surface area (Å²) in [6.07, 6.45) is 0. The highest BCUT2D eigenvalue weighted by atomic mass is 16.3. The Labute approximate surface area is 280 Å². The lowest BCUT2D eigenvalue weighted by atomic mass is 9.86. The van der Waals surface area contributed by atoms with E-state index in [4.69, 9.17) is 4.42 Å². The number of fused-ring (bicyclic) bond motifs is 5. The van der Waals surface area contributed by atoms with Crippen molar-refractivity contribution in [2.75, 3.05) is 0 Å². The molecule has 0 aliphatic carbocycles. The molecule has 0 saturated heterocycles. The fourth-order valence-corrected chi connectivity index (χ4v) is 9.03. The molecule has 1 heteroatoms. The van der Waals surface area contributed by atoms with Crippen molar-refractivity contribution in [3.05, 3.63) is 158 Å². The van der Waals surface area contributed by atoms with Crippen molar-refractivity contribution in [1.82, 2.24) is 0 Å². The van der Waals surface area contributed by atoms with Gasteiger partial charge in [0, 0.05) is 16.3 Å². The molecule has 1 nitrogen and oxygen atoms in total. The van der Waals surface area contributed by atoms with Gasteiger partial charge in [0.15, 0.2) is 0 Å². The molecule has 49 heavy (non-hydrogen) atoms. The van der Waals surface area contributed by atoms with Gasteiger partial charge in [0.05, 0.1) is 0 Å². The summed E-state index contributed by atoms with van der Waals surface area (Å²) in [6.45, 7) is 0. The lowest BCUT2D eigenvalue weighted by molar-refractivity contribution is 0.670. The zero-order valence-corrected chi connectivity index (χ0v) is 26.4. The van der Waals surface area contributed by atoms with E-state index in [2.05, 4.69) is 158 Å². The van der Waals surface area contributed by atoms with Gasteiger partial charge in [0.2, 0.25) is 0 Å². The topological polar surface area (TPSA) is 13.1 Å². The number of para-hydroxylation sites is 1. The molecule has 1 heterocycles. The van der Waals surface area contributed by atoms with E-state index in [1.807, 2.05) is 0 Å². The van der Waals surface area contributed by atoms with Crippen LogP contribution in [0.1, 0.15) is 0 Å². The van der Waals surface area contributed by atoms with Gasteiger partial charge in [-0.15, -0.1) is 0 Å². The first-order valence-electron chi connectivity index (χ1n) is 17.0. The van der Waals surface area contributed by atoms with Crippen LogP contribution < -0.4 is 0 Å². The Hall–Kier alpha value is -6.44. The van der Waals surface area contributed by atoms with Crippen molar-refractivity contribution in [2.24, 2.45) is 0 Å². The molecule has 224 valence electrons. The van der Waals surface area contributed by atoms with Gasteiger partial charge in [-0.05, 0) is 104 Å². The molecule has 11 aromatic carbocycles. The minimum Gasteiger partial charge on any atom is -0.455 e. The Balaban J connectivity index is 1.24. The van der Waals surface area contributed by atoms with Crippen molar-refractivity contribution in [2.45, 2.75) is 0 Å². The quantitative estimate of drug-likeness (QED) is 0.176. The second-order valence-electron chi connectivity index (χ2n) is 13.6. The molecule has 0 aliphatic heterocycles. The SMILES string of the molecule is c1cc2ccc3ccc(-c4cccc5c4cc(-c4ccc6ccc7cccc8ccc4c6c78)c4oc6ccccc6c45)c4ccc(c1)c2c34. The van der Waals surface area contributed by atoms with Crippen molar-refractivity contribution in [3.63, 3.8) is 0 Å². The van der Waals surface area contributed by atoms with E-state index < -0.39 is 0 Å². The van der Waals surface area contributed by atoms with Gasteiger partial charge in [-0.1, -0.05) is 146 Å². The van der Waals surface area contributed by atoms with Gasteiger partial charge in [-0.3, -0.25) is 0 Å². The zero-order valence-electron chi connectivity index (χ0n) is 26.4. The van der Waals surface area contributed by atoms with Gasteiger partial charge >= 0.3 is 0 Å². The maximum Gasteiger partial charge on any atom is 0.143 e. The molecule has 0 spiro atoms. The molecular weight excluding hydrogens is 593 g/mol. The van der Waals surface area contributed by atoms with Gasteiger partial charge in [-0.25, -0.2) is 0 Å². The van der Waals surface area contributed by atoms with Crippen LogP contribution in [-0.2, 0) is 0 Å². The van der Waals surface area contributed by atoms with Crippen LogP contribution in [0.3, 0.4) is 0 Å². The van der Waals surface area contributed by atoms with Gasteiger partial charge in [0.1, 0.15) is 11.2 Å². The summed E-state index contributed by atoms with van der Waals surface area (Å²) >= 11 is 0. The number of furan rings is 1. The Kier molecular flexibility index (Phi) is 4.77. The van der Waals surface area contributed by atoms with Crippen LogP contribution in [0.4, 0.5) is 0 Å². The van der Waals surface area contributed by atoms with Crippen molar-refractivity contribution in [1.29, 1.82) is 0 Å². The summed E-state index contributed by atoms with van der Waals surface area (Å²) in [5, 5.41) is 20.3. The van der Waals surface area contributed by atoms with Crippen LogP contribution in [0.2, 0.25) is 0 Å². The standard InChI is InChI=1S/C48H26O/c1-2-13-42-39(10-1)47-36-12-5-11-33(34-22-18-31-16-14-27-6-3-8-29-20-24-37(34)45(31)43(27)29)40(36)26-41(48(47)49-42)35-23-19-32-17-15-28-7-4-9-30-21-25-38(35)46(32)44(28)30/h1-26H. The maximum absolute atomic E-state index is 6.83. The first kappa shape index (κ1) is 25.6. The number of rotatable bonds is 2. The third-order valence-corrected chi connectivity index (χ3v) is 11.1. The first-order valence-corrected chi connectivity index (χ1v) is 17.0. The molecule has 0 amide bonds. The molecule has 0 atom stereocenters. The highest BCUT2D eigenvalue weighted by Gasteiger charge is 2.21. The van der Waals surface area contributed by atoms with E-state index in [0.29, 0.717) is 0 Å². The molecular formula is C48H26O. The summed E-state index contributed by atoms with van der Waals surface area (Å²) in [6, 6.07) is 58.4. The van der Waals surface area contributed by atoms with E-state index in [1.54, 1.807) is 0 Å². The average molecular weight is 619 g/mol. The van der Waals surface area contributed by atoms with Crippen LogP contribution in [0, 0.1) is 0 Å².